The third kappa shape index (κ3) is 13.4. The molecule has 0 aromatic carbocycles. The highest BCUT2D eigenvalue weighted by Crippen LogP contribution is 2.12. The van der Waals surface area contributed by atoms with E-state index >= 15 is 0 Å². The van der Waals surface area contributed by atoms with Crippen molar-refractivity contribution in [1.29, 1.82) is 0 Å². The summed E-state index contributed by atoms with van der Waals surface area (Å²) in [5.74, 6) is -0.390. The first kappa shape index (κ1) is 18.9. The van der Waals surface area contributed by atoms with E-state index in [1.807, 2.05) is 13.8 Å². The van der Waals surface area contributed by atoms with E-state index in [9.17, 15) is 9.59 Å². The molecular formula is C16H30O4. The van der Waals surface area contributed by atoms with Crippen LogP contribution in [0.3, 0.4) is 0 Å². The number of carbonyl (C=O) groups is 2. The quantitative estimate of drug-likeness (QED) is 0.425. The van der Waals surface area contributed by atoms with Gasteiger partial charge in [0.25, 0.3) is 0 Å². The van der Waals surface area contributed by atoms with Gasteiger partial charge in [-0.3, -0.25) is 9.59 Å². The van der Waals surface area contributed by atoms with Gasteiger partial charge in [0.05, 0.1) is 12.2 Å². The van der Waals surface area contributed by atoms with Gasteiger partial charge in [-0.2, -0.15) is 0 Å². The molecule has 0 N–H and O–H groups in total. The molecule has 20 heavy (non-hydrogen) atoms. The maximum absolute atomic E-state index is 10.7. The lowest BCUT2D eigenvalue weighted by Crippen LogP contribution is -2.12. The minimum atomic E-state index is -0.195. The van der Waals surface area contributed by atoms with Gasteiger partial charge in [0.15, 0.2) is 0 Å². The molecule has 0 amide bonds. The summed E-state index contributed by atoms with van der Waals surface area (Å²) < 4.78 is 10.1. The molecule has 0 rings (SSSR count). The molecular weight excluding hydrogens is 256 g/mol. The van der Waals surface area contributed by atoms with Crippen LogP contribution >= 0.6 is 0 Å². The summed E-state index contributed by atoms with van der Waals surface area (Å²) >= 11 is 0. The van der Waals surface area contributed by atoms with Crippen molar-refractivity contribution in [1.82, 2.24) is 0 Å². The highest BCUT2D eigenvalue weighted by molar-refractivity contribution is 5.66. The summed E-state index contributed by atoms with van der Waals surface area (Å²) in [6, 6.07) is 0. The number of esters is 2. The second-order valence-electron chi connectivity index (χ2n) is 5.54. The van der Waals surface area contributed by atoms with Gasteiger partial charge in [-0.15, -0.1) is 0 Å². The molecule has 4 heteroatoms. The lowest BCUT2D eigenvalue weighted by Gasteiger charge is -2.12. The fraction of sp³-hybridized carbons (Fsp3) is 0.875. The third-order valence-corrected chi connectivity index (χ3v) is 3.21. The monoisotopic (exact) mass is 286 g/mol. The summed E-state index contributed by atoms with van der Waals surface area (Å²) in [6.45, 7) is 6.79. The first-order valence-electron chi connectivity index (χ1n) is 7.76. The summed E-state index contributed by atoms with van der Waals surface area (Å²) in [5.41, 5.74) is 0. The molecule has 0 spiro atoms. The highest BCUT2D eigenvalue weighted by Gasteiger charge is 2.05. The Labute approximate surface area is 123 Å². The second kappa shape index (κ2) is 11.7. The smallest absolute Gasteiger partial charge is 0.302 e. The van der Waals surface area contributed by atoms with Crippen LogP contribution in [0.2, 0.25) is 0 Å². The van der Waals surface area contributed by atoms with Gasteiger partial charge in [0.1, 0.15) is 0 Å². The van der Waals surface area contributed by atoms with E-state index in [4.69, 9.17) is 9.47 Å². The fourth-order valence-electron chi connectivity index (χ4n) is 2.26. The van der Waals surface area contributed by atoms with Crippen LogP contribution in [-0.2, 0) is 19.1 Å². The third-order valence-electron chi connectivity index (χ3n) is 3.21. The van der Waals surface area contributed by atoms with Gasteiger partial charge < -0.3 is 9.47 Å². The largest absolute Gasteiger partial charge is 0.463 e. The van der Waals surface area contributed by atoms with Crippen LogP contribution in [0.4, 0.5) is 0 Å². The van der Waals surface area contributed by atoms with Crippen LogP contribution in [0.25, 0.3) is 0 Å². The molecule has 0 saturated heterocycles. The van der Waals surface area contributed by atoms with Gasteiger partial charge in [0.2, 0.25) is 0 Å². The van der Waals surface area contributed by atoms with E-state index in [1.54, 1.807) is 0 Å². The van der Waals surface area contributed by atoms with Gasteiger partial charge in [-0.05, 0) is 39.5 Å². The molecule has 0 aromatic heterocycles. The molecule has 0 heterocycles. The second-order valence-corrected chi connectivity index (χ2v) is 5.54. The average Bonchev–Trinajstić information content (AvgIpc) is 2.30. The lowest BCUT2D eigenvalue weighted by atomic mass is 10.1. The van der Waals surface area contributed by atoms with Crippen molar-refractivity contribution in [3.8, 4) is 0 Å². The van der Waals surface area contributed by atoms with E-state index in [2.05, 4.69) is 0 Å². The Balaban J connectivity index is 3.28. The van der Waals surface area contributed by atoms with Crippen LogP contribution in [0.5, 0.6) is 0 Å². The molecule has 0 saturated carbocycles. The number of hydrogen-bond acceptors (Lipinski definition) is 4. The van der Waals surface area contributed by atoms with Crippen LogP contribution in [0.15, 0.2) is 0 Å². The zero-order chi connectivity index (χ0) is 15.4. The molecule has 0 radical (unpaired) electrons. The minimum absolute atomic E-state index is 0.0390. The van der Waals surface area contributed by atoms with Crippen LogP contribution in [0, 0.1) is 0 Å². The highest BCUT2D eigenvalue weighted by atomic mass is 16.5. The molecule has 2 atom stereocenters. The van der Waals surface area contributed by atoms with Gasteiger partial charge in [-0.1, -0.05) is 25.7 Å². The Morgan fingerprint density at radius 1 is 0.700 bits per heavy atom. The maximum atomic E-state index is 10.7. The Morgan fingerprint density at radius 3 is 1.30 bits per heavy atom. The summed E-state index contributed by atoms with van der Waals surface area (Å²) in [7, 11) is 0. The number of hydrogen-bond donors (Lipinski definition) is 0. The summed E-state index contributed by atoms with van der Waals surface area (Å²) in [4.78, 5) is 21.5. The van der Waals surface area contributed by atoms with Crippen LogP contribution in [-0.4, -0.2) is 24.1 Å². The number of ether oxygens (including phenoxy) is 2. The van der Waals surface area contributed by atoms with E-state index in [0.29, 0.717) is 0 Å². The molecule has 0 fully saturated rings. The predicted molar refractivity (Wildman–Crippen MR) is 79.4 cm³/mol. The van der Waals surface area contributed by atoms with Crippen molar-refractivity contribution >= 4 is 11.9 Å². The number of carbonyl (C=O) groups excluding carboxylic acids is 2. The fourth-order valence-corrected chi connectivity index (χ4v) is 2.26. The Hall–Kier alpha value is -1.06. The van der Waals surface area contributed by atoms with Crippen molar-refractivity contribution in [2.45, 2.75) is 91.3 Å². The maximum Gasteiger partial charge on any atom is 0.302 e. The number of unbranched alkanes of at least 4 members (excludes halogenated alkanes) is 5. The zero-order valence-corrected chi connectivity index (χ0v) is 13.4. The Bertz CT molecular complexity index is 248. The van der Waals surface area contributed by atoms with Crippen molar-refractivity contribution in [3.63, 3.8) is 0 Å². The predicted octanol–water partition coefficient (Wildman–Crippen LogP) is 4.01. The van der Waals surface area contributed by atoms with Crippen molar-refractivity contribution < 1.29 is 19.1 Å². The summed E-state index contributed by atoms with van der Waals surface area (Å²) in [6.07, 6.45) is 9.00. The minimum Gasteiger partial charge on any atom is -0.463 e. The molecule has 118 valence electrons. The normalized spacial score (nSPS) is 13.6. The van der Waals surface area contributed by atoms with Crippen LogP contribution < -0.4 is 0 Å². The molecule has 0 aromatic rings. The number of rotatable bonds is 11. The first-order chi connectivity index (χ1) is 9.41. The van der Waals surface area contributed by atoms with E-state index in [0.717, 1.165) is 25.7 Å². The standard InChI is InChI=1S/C16H30O4/c1-13(19-15(3)17)11-9-7-5-6-8-10-12-14(2)20-16(4)18/h13-14H,5-12H2,1-4H3. The van der Waals surface area contributed by atoms with Crippen molar-refractivity contribution in [2.75, 3.05) is 0 Å². The lowest BCUT2D eigenvalue weighted by molar-refractivity contribution is -0.146. The van der Waals surface area contributed by atoms with Gasteiger partial charge >= 0.3 is 11.9 Å². The summed E-state index contributed by atoms with van der Waals surface area (Å²) in [5, 5.41) is 0. The molecule has 0 aliphatic rings. The Kier molecular flexibility index (Phi) is 11.1. The molecule has 0 aliphatic heterocycles. The SMILES string of the molecule is CC(=O)OC(C)CCCCCCCCC(C)OC(C)=O. The van der Waals surface area contributed by atoms with E-state index in [-0.39, 0.29) is 24.1 Å². The van der Waals surface area contributed by atoms with Crippen molar-refractivity contribution in [2.24, 2.45) is 0 Å². The molecule has 0 aliphatic carbocycles. The Morgan fingerprint density at radius 2 is 1.00 bits per heavy atom. The van der Waals surface area contributed by atoms with E-state index in [1.165, 1.54) is 39.5 Å². The van der Waals surface area contributed by atoms with Gasteiger partial charge in [-0.25, -0.2) is 0 Å². The van der Waals surface area contributed by atoms with Gasteiger partial charge in [0, 0.05) is 13.8 Å². The molecule has 4 nitrogen and oxygen atoms in total. The average molecular weight is 286 g/mol. The van der Waals surface area contributed by atoms with Crippen LogP contribution in [0.1, 0.15) is 79.1 Å². The van der Waals surface area contributed by atoms with E-state index < -0.39 is 0 Å². The molecule has 0 bridgehead atoms. The molecule has 2 unspecified atom stereocenters. The topological polar surface area (TPSA) is 52.6 Å². The van der Waals surface area contributed by atoms with Crippen molar-refractivity contribution in [3.05, 3.63) is 0 Å². The zero-order valence-electron chi connectivity index (χ0n) is 13.4. The first-order valence-corrected chi connectivity index (χ1v) is 7.76.